The summed E-state index contributed by atoms with van der Waals surface area (Å²) < 4.78 is 4.59. The van der Waals surface area contributed by atoms with Crippen molar-refractivity contribution < 1.29 is 9.53 Å². The SMILES string of the molecule is C=CCc1c(C)ccc2cc(/C=C/C(=O)OC)ccc12. The molecule has 0 bridgehead atoms. The average molecular weight is 266 g/mol. The highest BCUT2D eigenvalue weighted by Crippen LogP contribution is 2.24. The summed E-state index contributed by atoms with van der Waals surface area (Å²) in [6.45, 7) is 5.93. The van der Waals surface area contributed by atoms with Crippen LogP contribution in [0.4, 0.5) is 0 Å². The fourth-order valence-corrected chi connectivity index (χ4v) is 2.27. The third-order valence-electron chi connectivity index (χ3n) is 3.35. The second kappa shape index (κ2) is 6.20. The number of esters is 1. The lowest BCUT2D eigenvalue weighted by atomic mass is 9.96. The van der Waals surface area contributed by atoms with Crippen molar-refractivity contribution in [3.63, 3.8) is 0 Å². The van der Waals surface area contributed by atoms with Crippen molar-refractivity contribution in [1.82, 2.24) is 0 Å². The van der Waals surface area contributed by atoms with Crippen LogP contribution in [-0.4, -0.2) is 13.1 Å². The third kappa shape index (κ3) is 2.97. The monoisotopic (exact) mass is 266 g/mol. The number of aryl methyl sites for hydroxylation is 1. The zero-order valence-corrected chi connectivity index (χ0v) is 11.8. The van der Waals surface area contributed by atoms with Gasteiger partial charge in [0.15, 0.2) is 0 Å². The first kappa shape index (κ1) is 14.1. The number of hydrogen-bond acceptors (Lipinski definition) is 2. The van der Waals surface area contributed by atoms with Gasteiger partial charge in [0, 0.05) is 6.08 Å². The lowest BCUT2D eigenvalue weighted by Crippen LogP contribution is -1.93. The Morgan fingerprint density at radius 3 is 2.80 bits per heavy atom. The minimum absolute atomic E-state index is 0.346. The van der Waals surface area contributed by atoms with E-state index in [0.29, 0.717) is 0 Å². The smallest absolute Gasteiger partial charge is 0.330 e. The van der Waals surface area contributed by atoms with Crippen molar-refractivity contribution in [3.05, 3.63) is 65.8 Å². The molecule has 0 radical (unpaired) electrons. The van der Waals surface area contributed by atoms with E-state index in [1.54, 1.807) is 6.08 Å². The van der Waals surface area contributed by atoms with E-state index in [4.69, 9.17) is 0 Å². The van der Waals surface area contributed by atoms with Gasteiger partial charge in [0.2, 0.25) is 0 Å². The van der Waals surface area contributed by atoms with Gasteiger partial charge < -0.3 is 4.74 Å². The maximum atomic E-state index is 11.1. The molecule has 0 aliphatic carbocycles. The number of benzene rings is 2. The average Bonchev–Trinajstić information content (AvgIpc) is 2.47. The number of carbonyl (C=O) groups excluding carboxylic acids is 1. The molecule has 0 aliphatic heterocycles. The van der Waals surface area contributed by atoms with Crippen molar-refractivity contribution in [2.24, 2.45) is 0 Å². The molecule has 0 aromatic heterocycles. The first-order chi connectivity index (χ1) is 9.65. The first-order valence-electron chi connectivity index (χ1n) is 6.55. The Labute approximate surface area is 119 Å². The van der Waals surface area contributed by atoms with Crippen LogP contribution in [0, 0.1) is 6.92 Å². The standard InChI is InChI=1S/C18H18O2/c1-4-5-16-13(2)6-9-15-12-14(7-10-17(15)16)8-11-18(19)20-3/h4,6-12H,1,5H2,2-3H3/b11-8+. The van der Waals surface area contributed by atoms with Crippen LogP contribution in [0.2, 0.25) is 0 Å². The molecule has 2 nitrogen and oxygen atoms in total. The van der Waals surface area contributed by atoms with Gasteiger partial charge in [-0.1, -0.05) is 30.3 Å². The van der Waals surface area contributed by atoms with Crippen LogP contribution in [0.3, 0.4) is 0 Å². The summed E-state index contributed by atoms with van der Waals surface area (Å²) in [5, 5.41) is 2.40. The number of allylic oxidation sites excluding steroid dienone is 1. The van der Waals surface area contributed by atoms with Gasteiger partial charge in [0.1, 0.15) is 0 Å². The molecular formula is C18H18O2. The summed E-state index contributed by atoms with van der Waals surface area (Å²) in [4.78, 5) is 11.1. The van der Waals surface area contributed by atoms with Gasteiger partial charge in [-0.2, -0.15) is 0 Å². The summed E-state index contributed by atoms with van der Waals surface area (Å²) >= 11 is 0. The summed E-state index contributed by atoms with van der Waals surface area (Å²) in [6.07, 6.45) is 5.98. The molecule has 0 aliphatic rings. The van der Waals surface area contributed by atoms with Crippen LogP contribution < -0.4 is 0 Å². The molecule has 20 heavy (non-hydrogen) atoms. The summed E-state index contributed by atoms with van der Waals surface area (Å²) in [6, 6.07) is 10.4. The van der Waals surface area contributed by atoms with Gasteiger partial charge in [0.25, 0.3) is 0 Å². The molecule has 0 atom stereocenters. The molecule has 102 valence electrons. The van der Waals surface area contributed by atoms with E-state index in [1.807, 2.05) is 12.1 Å². The molecular weight excluding hydrogens is 248 g/mol. The van der Waals surface area contributed by atoms with E-state index < -0.39 is 0 Å². The molecule has 0 saturated carbocycles. The van der Waals surface area contributed by atoms with E-state index in [1.165, 1.54) is 35.1 Å². The van der Waals surface area contributed by atoms with Crippen LogP contribution in [0.5, 0.6) is 0 Å². The Morgan fingerprint density at radius 2 is 2.10 bits per heavy atom. The zero-order chi connectivity index (χ0) is 14.5. The Hall–Kier alpha value is -2.35. The molecule has 2 rings (SSSR count). The van der Waals surface area contributed by atoms with E-state index in [9.17, 15) is 4.79 Å². The molecule has 0 N–H and O–H groups in total. The zero-order valence-electron chi connectivity index (χ0n) is 11.8. The summed E-state index contributed by atoms with van der Waals surface area (Å²) in [5.74, 6) is -0.346. The Morgan fingerprint density at radius 1 is 1.30 bits per heavy atom. The van der Waals surface area contributed by atoms with Crippen molar-refractivity contribution in [1.29, 1.82) is 0 Å². The molecule has 0 heterocycles. The highest BCUT2D eigenvalue weighted by atomic mass is 16.5. The van der Waals surface area contributed by atoms with Crippen molar-refractivity contribution in [2.75, 3.05) is 7.11 Å². The summed E-state index contributed by atoms with van der Waals surface area (Å²) in [7, 11) is 1.37. The number of carbonyl (C=O) groups is 1. The number of rotatable bonds is 4. The lowest BCUT2D eigenvalue weighted by molar-refractivity contribution is -0.134. The van der Waals surface area contributed by atoms with Gasteiger partial charge in [0.05, 0.1) is 7.11 Å². The van der Waals surface area contributed by atoms with Crippen LogP contribution in [-0.2, 0) is 16.0 Å². The number of hydrogen-bond donors (Lipinski definition) is 0. The highest BCUT2D eigenvalue weighted by molar-refractivity contribution is 5.91. The van der Waals surface area contributed by atoms with Crippen LogP contribution >= 0.6 is 0 Å². The minimum Gasteiger partial charge on any atom is -0.466 e. The molecule has 2 aromatic carbocycles. The largest absolute Gasteiger partial charge is 0.466 e. The first-order valence-corrected chi connectivity index (χ1v) is 6.55. The molecule has 0 amide bonds. The highest BCUT2D eigenvalue weighted by Gasteiger charge is 2.04. The van der Waals surface area contributed by atoms with Gasteiger partial charge in [-0.3, -0.25) is 0 Å². The molecule has 0 saturated heterocycles. The number of fused-ring (bicyclic) bond motifs is 1. The Bertz CT molecular complexity index is 681. The Balaban J connectivity index is 2.45. The van der Waals surface area contributed by atoms with Crippen LogP contribution in [0.1, 0.15) is 16.7 Å². The van der Waals surface area contributed by atoms with Crippen LogP contribution in [0.15, 0.2) is 49.1 Å². The van der Waals surface area contributed by atoms with E-state index >= 15 is 0 Å². The second-order valence-electron chi connectivity index (χ2n) is 4.69. The predicted molar refractivity (Wildman–Crippen MR) is 83.6 cm³/mol. The maximum absolute atomic E-state index is 11.1. The lowest BCUT2D eigenvalue weighted by Gasteiger charge is -2.09. The van der Waals surface area contributed by atoms with E-state index in [-0.39, 0.29) is 5.97 Å². The fourth-order valence-electron chi connectivity index (χ4n) is 2.27. The molecule has 0 fully saturated rings. The van der Waals surface area contributed by atoms with Crippen molar-refractivity contribution >= 4 is 22.8 Å². The number of methoxy groups -OCH3 is 1. The second-order valence-corrected chi connectivity index (χ2v) is 4.69. The molecule has 0 unspecified atom stereocenters. The maximum Gasteiger partial charge on any atom is 0.330 e. The van der Waals surface area contributed by atoms with Crippen molar-refractivity contribution in [3.8, 4) is 0 Å². The van der Waals surface area contributed by atoms with Gasteiger partial charge in [-0.25, -0.2) is 4.79 Å². The third-order valence-corrected chi connectivity index (χ3v) is 3.35. The fraction of sp³-hybridized carbons (Fsp3) is 0.167. The van der Waals surface area contributed by atoms with Gasteiger partial charge in [-0.05, 0) is 52.9 Å². The normalized spacial score (nSPS) is 10.9. The molecule has 2 aromatic rings. The quantitative estimate of drug-likeness (QED) is 0.474. The number of ether oxygens (including phenoxy) is 1. The molecule has 0 spiro atoms. The van der Waals surface area contributed by atoms with E-state index in [0.717, 1.165) is 12.0 Å². The van der Waals surface area contributed by atoms with Crippen molar-refractivity contribution in [2.45, 2.75) is 13.3 Å². The predicted octanol–water partition coefficient (Wildman–Crippen LogP) is 4.06. The Kier molecular flexibility index (Phi) is 4.36. The minimum atomic E-state index is -0.346. The van der Waals surface area contributed by atoms with Crippen LogP contribution in [0.25, 0.3) is 16.8 Å². The molecule has 2 heteroatoms. The topological polar surface area (TPSA) is 26.3 Å². The summed E-state index contributed by atoms with van der Waals surface area (Å²) in [5.41, 5.74) is 3.56. The van der Waals surface area contributed by atoms with Gasteiger partial charge in [-0.15, -0.1) is 6.58 Å². The van der Waals surface area contributed by atoms with Gasteiger partial charge >= 0.3 is 5.97 Å². The van der Waals surface area contributed by atoms with E-state index in [2.05, 4.69) is 42.5 Å².